The summed E-state index contributed by atoms with van der Waals surface area (Å²) in [5, 5.41) is 9.67. The van der Waals surface area contributed by atoms with E-state index in [1.807, 2.05) is 6.92 Å². The van der Waals surface area contributed by atoms with Gasteiger partial charge >= 0.3 is 5.97 Å². The van der Waals surface area contributed by atoms with Gasteiger partial charge in [-0.2, -0.15) is 0 Å². The van der Waals surface area contributed by atoms with Gasteiger partial charge in [0.2, 0.25) is 0 Å². The lowest BCUT2D eigenvalue weighted by Gasteiger charge is -2.11. The molecular weight excluding hydrogens is 236 g/mol. The zero-order valence-corrected chi connectivity index (χ0v) is 10.7. The summed E-state index contributed by atoms with van der Waals surface area (Å²) in [5.74, 6) is -0.918. The van der Waals surface area contributed by atoms with Crippen LogP contribution in [-0.4, -0.2) is 34.0 Å². The van der Waals surface area contributed by atoms with Gasteiger partial charge in [-0.25, -0.2) is 9.78 Å². The zero-order chi connectivity index (χ0) is 12.3. The van der Waals surface area contributed by atoms with Crippen molar-refractivity contribution in [1.82, 2.24) is 9.88 Å². The number of thiazole rings is 1. The summed E-state index contributed by atoms with van der Waals surface area (Å²) in [6.45, 7) is 5.12. The minimum absolute atomic E-state index is 0.895. The fraction of sp³-hybridized carbons (Fsp3) is 0.500. The molecule has 0 bridgehead atoms. The lowest BCUT2D eigenvalue weighted by atomic mass is 10.3. The van der Waals surface area contributed by atoms with Crippen LogP contribution in [0.3, 0.4) is 0 Å². The number of aryl methyl sites for hydroxylation is 1. The highest BCUT2D eigenvalue weighted by Gasteiger charge is 2.14. The maximum atomic E-state index is 10.5. The van der Waals surface area contributed by atoms with Crippen LogP contribution in [0.2, 0.25) is 0 Å². The van der Waals surface area contributed by atoms with Crippen LogP contribution in [0.4, 0.5) is 0 Å². The average molecular weight is 252 g/mol. The van der Waals surface area contributed by atoms with Crippen LogP contribution < -0.4 is 0 Å². The van der Waals surface area contributed by atoms with E-state index in [9.17, 15) is 4.79 Å². The molecule has 2 rings (SSSR count). The number of aliphatic carboxylic acids is 1. The Morgan fingerprint density at radius 1 is 1.53 bits per heavy atom. The van der Waals surface area contributed by atoms with Crippen LogP contribution in [-0.2, 0) is 11.3 Å². The standard InChI is InChI=1S/C12H16N2O2S/c1-9-10(4-5-12(15)16)17-11(13-9)8-14-6-2-3-7-14/h4-5H,2-3,6-8H2,1H3,(H,15,16)/b5-4+. The number of carbonyl (C=O) groups is 1. The van der Waals surface area contributed by atoms with E-state index in [2.05, 4.69) is 9.88 Å². The van der Waals surface area contributed by atoms with Crippen LogP contribution in [0.5, 0.6) is 0 Å². The molecule has 0 atom stereocenters. The minimum atomic E-state index is -0.918. The van der Waals surface area contributed by atoms with E-state index in [4.69, 9.17) is 5.11 Å². The lowest BCUT2D eigenvalue weighted by molar-refractivity contribution is -0.131. The van der Waals surface area contributed by atoms with Gasteiger partial charge < -0.3 is 5.11 Å². The van der Waals surface area contributed by atoms with E-state index in [0.29, 0.717) is 0 Å². The van der Waals surface area contributed by atoms with Gasteiger partial charge in [-0.3, -0.25) is 4.90 Å². The first-order chi connectivity index (χ1) is 8.15. The molecule has 0 saturated carbocycles. The van der Waals surface area contributed by atoms with E-state index < -0.39 is 5.97 Å². The fourth-order valence-corrected chi connectivity index (χ4v) is 2.98. The number of aromatic nitrogens is 1. The molecular formula is C12H16N2O2S. The molecule has 1 saturated heterocycles. The van der Waals surface area contributed by atoms with Crippen LogP contribution in [0, 0.1) is 6.92 Å². The van der Waals surface area contributed by atoms with Gasteiger partial charge in [-0.1, -0.05) is 0 Å². The van der Waals surface area contributed by atoms with Gasteiger partial charge in [0.25, 0.3) is 0 Å². The summed E-state index contributed by atoms with van der Waals surface area (Å²) >= 11 is 1.59. The van der Waals surface area contributed by atoms with Crippen molar-refractivity contribution in [2.75, 3.05) is 13.1 Å². The van der Waals surface area contributed by atoms with E-state index in [-0.39, 0.29) is 0 Å². The van der Waals surface area contributed by atoms with Crippen molar-refractivity contribution in [3.05, 3.63) is 21.7 Å². The zero-order valence-electron chi connectivity index (χ0n) is 9.85. The first-order valence-corrected chi connectivity index (χ1v) is 6.56. The Balaban J connectivity index is 2.04. The first kappa shape index (κ1) is 12.3. The van der Waals surface area contributed by atoms with Gasteiger partial charge in [0.1, 0.15) is 5.01 Å². The van der Waals surface area contributed by atoms with Gasteiger partial charge in [-0.15, -0.1) is 11.3 Å². The van der Waals surface area contributed by atoms with Crippen molar-refractivity contribution in [3.8, 4) is 0 Å². The van der Waals surface area contributed by atoms with Gasteiger partial charge in [0.15, 0.2) is 0 Å². The molecule has 1 aromatic heterocycles. The second-order valence-electron chi connectivity index (χ2n) is 4.21. The van der Waals surface area contributed by atoms with Crippen LogP contribution in [0.15, 0.2) is 6.08 Å². The van der Waals surface area contributed by atoms with Crippen molar-refractivity contribution in [2.45, 2.75) is 26.3 Å². The molecule has 1 aliphatic rings. The second-order valence-corrected chi connectivity index (χ2v) is 5.33. The lowest BCUT2D eigenvalue weighted by Crippen LogP contribution is -2.18. The molecule has 2 heterocycles. The summed E-state index contributed by atoms with van der Waals surface area (Å²) in [4.78, 5) is 18.3. The minimum Gasteiger partial charge on any atom is -0.478 e. The third-order valence-corrected chi connectivity index (χ3v) is 3.92. The SMILES string of the molecule is Cc1nc(CN2CCCC2)sc1/C=C/C(=O)O. The number of hydrogen-bond acceptors (Lipinski definition) is 4. The largest absolute Gasteiger partial charge is 0.478 e. The Bertz CT molecular complexity index is 434. The Morgan fingerprint density at radius 2 is 2.24 bits per heavy atom. The van der Waals surface area contributed by atoms with E-state index >= 15 is 0 Å². The molecule has 92 valence electrons. The smallest absolute Gasteiger partial charge is 0.328 e. The normalized spacial score (nSPS) is 17.0. The number of carboxylic acids is 1. The molecule has 0 aliphatic carbocycles. The summed E-state index contributed by atoms with van der Waals surface area (Å²) in [5.41, 5.74) is 0.918. The summed E-state index contributed by atoms with van der Waals surface area (Å²) in [6.07, 6.45) is 5.34. The maximum Gasteiger partial charge on any atom is 0.328 e. The van der Waals surface area contributed by atoms with Crippen molar-refractivity contribution >= 4 is 23.4 Å². The molecule has 0 aromatic carbocycles. The molecule has 0 radical (unpaired) electrons. The van der Waals surface area contributed by atoms with Crippen molar-refractivity contribution in [3.63, 3.8) is 0 Å². The van der Waals surface area contributed by atoms with E-state index in [0.717, 1.165) is 35.2 Å². The predicted octanol–water partition coefficient (Wildman–Crippen LogP) is 2.15. The highest BCUT2D eigenvalue weighted by molar-refractivity contribution is 7.12. The molecule has 1 aliphatic heterocycles. The molecule has 1 fully saturated rings. The highest BCUT2D eigenvalue weighted by Crippen LogP contribution is 2.22. The first-order valence-electron chi connectivity index (χ1n) is 5.75. The molecule has 0 unspecified atom stereocenters. The summed E-state index contributed by atoms with van der Waals surface area (Å²) in [6, 6.07) is 0. The molecule has 17 heavy (non-hydrogen) atoms. The molecule has 5 heteroatoms. The van der Waals surface area contributed by atoms with Crippen molar-refractivity contribution in [2.24, 2.45) is 0 Å². The number of carboxylic acid groups (broad SMARTS) is 1. The van der Waals surface area contributed by atoms with E-state index in [1.54, 1.807) is 17.4 Å². The third-order valence-electron chi connectivity index (χ3n) is 2.81. The van der Waals surface area contributed by atoms with Crippen LogP contribution >= 0.6 is 11.3 Å². The molecule has 0 amide bonds. The van der Waals surface area contributed by atoms with Gasteiger partial charge in [-0.05, 0) is 38.9 Å². The highest BCUT2D eigenvalue weighted by atomic mass is 32.1. The molecule has 1 N–H and O–H groups in total. The van der Waals surface area contributed by atoms with Crippen LogP contribution in [0.25, 0.3) is 6.08 Å². The topological polar surface area (TPSA) is 53.4 Å². The van der Waals surface area contributed by atoms with Gasteiger partial charge in [0.05, 0.1) is 17.1 Å². The molecule has 4 nitrogen and oxygen atoms in total. The Labute approximate surface area is 105 Å². The van der Waals surface area contributed by atoms with Crippen LogP contribution in [0.1, 0.15) is 28.4 Å². The number of rotatable bonds is 4. The monoisotopic (exact) mass is 252 g/mol. The van der Waals surface area contributed by atoms with Crippen molar-refractivity contribution in [1.29, 1.82) is 0 Å². The predicted molar refractivity (Wildman–Crippen MR) is 68.0 cm³/mol. The number of nitrogens with zero attached hydrogens (tertiary/aromatic N) is 2. The third kappa shape index (κ3) is 3.38. The second kappa shape index (κ2) is 5.42. The average Bonchev–Trinajstić information content (AvgIpc) is 2.86. The van der Waals surface area contributed by atoms with Gasteiger partial charge in [0, 0.05) is 6.08 Å². The summed E-state index contributed by atoms with van der Waals surface area (Å²) < 4.78 is 0. The van der Waals surface area contributed by atoms with E-state index in [1.165, 1.54) is 18.9 Å². The summed E-state index contributed by atoms with van der Waals surface area (Å²) in [7, 11) is 0. The number of hydrogen-bond donors (Lipinski definition) is 1. The number of likely N-dealkylation sites (tertiary alicyclic amines) is 1. The molecule has 1 aromatic rings. The van der Waals surface area contributed by atoms with Crippen molar-refractivity contribution < 1.29 is 9.90 Å². The maximum absolute atomic E-state index is 10.5. The molecule has 0 spiro atoms. The fourth-order valence-electron chi connectivity index (χ4n) is 1.97. The Morgan fingerprint density at radius 3 is 2.88 bits per heavy atom. The Kier molecular flexibility index (Phi) is 3.91. The quantitative estimate of drug-likeness (QED) is 0.834. The Hall–Kier alpha value is -1.20.